The number of alkyl halides is 3. The smallest absolute Gasteiger partial charge is 0.414 e. The average molecular weight is 359 g/mol. The van der Waals surface area contributed by atoms with Crippen molar-refractivity contribution in [3.63, 3.8) is 0 Å². The molecule has 1 aliphatic rings. The highest BCUT2D eigenvalue weighted by atomic mass is 32.2. The summed E-state index contributed by atoms with van der Waals surface area (Å²) in [4.78, 5) is 10.5. The van der Waals surface area contributed by atoms with Crippen LogP contribution in [0.4, 0.5) is 17.6 Å². The summed E-state index contributed by atoms with van der Waals surface area (Å²) in [7, 11) is -4.74. The molecule has 0 aliphatic carbocycles. The van der Waals surface area contributed by atoms with Gasteiger partial charge in [0, 0.05) is 5.75 Å². The number of aliphatic carboxylic acids is 1. The van der Waals surface area contributed by atoms with Gasteiger partial charge in [0.2, 0.25) is 10.0 Å². The van der Waals surface area contributed by atoms with Gasteiger partial charge in [0.05, 0.1) is 4.90 Å². The summed E-state index contributed by atoms with van der Waals surface area (Å²) in [5.74, 6) is -2.97. The number of carboxylic acids is 1. The summed E-state index contributed by atoms with van der Waals surface area (Å²) in [5, 5.41) is 6.48. The van der Waals surface area contributed by atoms with E-state index in [9.17, 15) is 30.8 Å². The van der Waals surface area contributed by atoms with E-state index in [0.29, 0.717) is 0 Å². The highest BCUT2D eigenvalue weighted by molar-refractivity contribution is 8.01. The zero-order valence-corrected chi connectivity index (χ0v) is 12.3. The lowest BCUT2D eigenvalue weighted by molar-refractivity contribution is -0.155. The van der Waals surface area contributed by atoms with Crippen molar-refractivity contribution in [2.75, 3.05) is 5.75 Å². The Balaban J connectivity index is 2.51. The van der Waals surface area contributed by atoms with Crippen molar-refractivity contribution in [2.45, 2.75) is 22.5 Å². The molecule has 0 saturated carbocycles. The Bertz CT molecular complexity index is 674. The summed E-state index contributed by atoms with van der Waals surface area (Å²) in [6.07, 6.45) is -4.93. The van der Waals surface area contributed by atoms with Gasteiger partial charge in [-0.2, -0.15) is 17.5 Å². The monoisotopic (exact) mass is 359 g/mol. The summed E-state index contributed by atoms with van der Waals surface area (Å²) < 4.78 is 76.4. The van der Waals surface area contributed by atoms with Gasteiger partial charge in [0.25, 0.3) is 0 Å². The molecule has 11 heteroatoms. The quantitative estimate of drug-likeness (QED) is 0.835. The number of carboxylic acid groups (broad SMARTS) is 1. The Hall–Kier alpha value is -1.33. The predicted molar refractivity (Wildman–Crippen MR) is 69.1 cm³/mol. The third kappa shape index (κ3) is 3.06. The van der Waals surface area contributed by atoms with Gasteiger partial charge >= 0.3 is 12.1 Å². The van der Waals surface area contributed by atoms with Crippen molar-refractivity contribution in [1.82, 2.24) is 4.31 Å². The van der Waals surface area contributed by atoms with Crippen LogP contribution in [0.2, 0.25) is 0 Å². The fraction of sp³-hybridized carbons (Fsp3) is 0.364. The first-order valence-corrected chi connectivity index (χ1v) is 8.24. The number of hydrogen-bond donors (Lipinski definition) is 1. The number of halogens is 4. The molecule has 0 radical (unpaired) electrons. The molecular formula is C11H9F4NO4S2. The number of thioether (sulfide) groups is 1. The molecule has 1 aliphatic heterocycles. The molecule has 122 valence electrons. The van der Waals surface area contributed by atoms with Gasteiger partial charge in [0.1, 0.15) is 11.9 Å². The second kappa shape index (κ2) is 5.70. The molecule has 1 aromatic rings. The van der Waals surface area contributed by atoms with Gasteiger partial charge in [-0.05, 0) is 24.3 Å². The normalized spacial score (nSPS) is 23.6. The summed E-state index contributed by atoms with van der Waals surface area (Å²) in [5.41, 5.74) is 0. The third-order valence-electron chi connectivity index (χ3n) is 2.90. The largest absolute Gasteiger partial charge is 0.480 e. The van der Waals surface area contributed by atoms with Gasteiger partial charge in [-0.3, -0.25) is 4.79 Å². The van der Waals surface area contributed by atoms with Crippen molar-refractivity contribution < 1.29 is 35.9 Å². The van der Waals surface area contributed by atoms with Crippen molar-refractivity contribution in [3.05, 3.63) is 30.1 Å². The Labute approximate surface area is 127 Å². The van der Waals surface area contributed by atoms with Gasteiger partial charge < -0.3 is 5.11 Å². The molecule has 2 rings (SSSR count). The molecule has 1 N–H and O–H groups in total. The second-order valence-electron chi connectivity index (χ2n) is 4.37. The Morgan fingerprint density at radius 1 is 1.27 bits per heavy atom. The second-order valence-corrected chi connectivity index (χ2v) is 7.33. The lowest BCUT2D eigenvalue weighted by Gasteiger charge is -2.27. The van der Waals surface area contributed by atoms with Gasteiger partial charge in [-0.15, -0.1) is 11.8 Å². The van der Waals surface area contributed by atoms with E-state index < -0.39 is 50.1 Å². The average Bonchev–Trinajstić information content (AvgIpc) is 2.84. The maximum atomic E-state index is 13.0. The van der Waals surface area contributed by atoms with E-state index in [1.54, 1.807) is 0 Å². The first-order chi connectivity index (χ1) is 10.0. The number of rotatable bonds is 3. The van der Waals surface area contributed by atoms with Crippen molar-refractivity contribution in [2.24, 2.45) is 0 Å². The van der Waals surface area contributed by atoms with E-state index in [4.69, 9.17) is 5.11 Å². The van der Waals surface area contributed by atoms with Crippen LogP contribution >= 0.6 is 11.8 Å². The summed E-state index contributed by atoms with van der Waals surface area (Å²) in [6.45, 7) is 0. The zero-order valence-electron chi connectivity index (χ0n) is 10.6. The van der Waals surface area contributed by atoms with Crippen LogP contribution in [0.3, 0.4) is 0 Å². The van der Waals surface area contributed by atoms with E-state index in [-0.39, 0.29) is 16.1 Å². The Kier molecular flexibility index (Phi) is 4.42. The predicted octanol–water partition coefficient (Wildman–Crippen LogP) is 1.90. The van der Waals surface area contributed by atoms with Crippen LogP contribution in [0.25, 0.3) is 0 Å². The lowest BCUT2D eigenvalue weighted by atomic mass is 10.3. The minimum absolute atomic E-state index is 0.0762. The minimum atomic E-state index is -4.93. The molecular weight excluding hydrogens is 350 g/mol. The van der Waals surface area contributed by atoms with Crippen LogP contribution in [-0.2, 0) is 14.8 Å². The molecule has 0 aromatic heterocycles. The lowest BCUT2D eigenvalue weighted by Crippen LogP contribution is -2.50. The third-order valence-corrected chi connectivity index (χ3v) is 6.24. The maximum absolute atomic E-state index is 13.0. The molecule has 0 spiro atoms. The summed E-state index contributed by atoms with van der Waals surface area (Å²) in [6, 6.07) is 1.29. The number of benzene rings is 1. The topological polar surface area (TPSA) is 74.7 Å². The van der Waals surface area contributed by atoms with Gasteiger partial charge in [-0.1, -0.05) is 0 Å². The molecule has 5 nitrogen and oxygen atoms in total. The number of sulfonamides is 1. The first kappa shape index (κ1) is 17.0. The minimum Gasteiger partial charge on any atom is -0.480 e. The molecule has 22 heavy (non-hydrogen) atoms. The SMILES string of the molecule is O=C(O)C1CSC(C(F)(F)F)N1S(=O)(=O)c1ccc(F)cc1. The van der Waals surface area contributed by atoms with Crippen LogP contribution < -0.4 is 0 Å². The Morgan fingerprint density at radius 3 is 2.27 bits per heavy atom. The van der Waals surface area contributed by atoms with Crippen LogP contribution in [-0.4, -0.2) is 47.1 Å². The van der Waals surface area contributed by atoms with E-state index >= 15 is 0 Å². The van der Waals surface area contributed by atoms with E-state index in [0.717, 1.165) is 24.3 Å². The summed E-state index contributed by atoms with van der Waals surface area (Å²) >= 11 is 0.185. The first-order valence-electron chi connectivity index (χ1n) is 5.75. The van der Waals surface area contributed by atoms with Crippen molar-refractivity contribution in [1.29, 1.82) is 0 Å². The van der Waals surface area contributed by atoms with E-state index in [1.165, 1.54) is 0 Å². The molecule has 2 atom stereocenters. The zero-order chi connectivity index (χ0) is 16.7. The van der Waals surface area contributed by atoms with Crippen LogP contribution in [0.1, 0.15) is 0 Å². The van der Waals surface area contributed by atoms with E-state index in [2.05, 4.69) is 0 Å². The molecule has 1 fully saturated rings. The molecule has 1 aromatic carbocycles. The standard InChI is InChI=1S/C11H9F4NO4S2/c12-6-1-3-7(4-2-6)22(19,20)16-8(9(17)18)5-21-10(16)11(13,14)15/h1-4,8,10H,5H2,(H,17,18). The molecule has 0 bridgehead atoms. The van der Waals surface area contributed by atoms with Crippen LogP contribution in [0, 0.1) is 5.82 Å². The number of nitrogens with zero attached hydrogens (tertiary/aromatic N) is 1. The number of hydrogen-bond acceptors (Lipinski definition) is 4. The highest BCUT2D eigenvalue weighted by Crippen LogP contribution is 2.43. The van der Waals surface area contributed by atoms with Crippen molar-refractivity contribution in [3.8, 4) is 0 Å². The van der Waals surface area contributed by atoms with E-state index in [1.807, 2.05) is 0 Å². The van der Waals surface area contributed by atoms with Crippen LogP contribution in [0.5, 0.6) is 0 Å². The molecule has 0 amide bonds. The maximum Gasteiger partial charge on any atom is 0.414 e. The number of carbonyl (C=O) groups is 1. The molecule has 1 heterocycles. The fourth-order valence-electron chi connectivity index (χ4n) is 1.93. The Morgan fingerprint density at radius 2 is 1.82 bits per heavy atom. The fourth-order valence-corrected chi connectivity index (χ4v) is 5.30. The van der Waals surface area contributed by atoms with Gasteiger partial charge in [-0.25, -0.2) is 12.8 Å². The molecule has 2 unspecified atom stereocenters. The highest BCUT2D eigenvalue weighted by Gasteiger charge is 2.57. The molecule has 1 saturated heterocycles. The van der Waals surface area contributed by atoms with Gasteiger partial charge in [0.15, 0.2) is 5.37 Å². The van der Waals surface area contributed by atoms with Crippen molar-refractivity contribution >= 4 is 27.8 Å². The van der Waals surface area contributed by atoms with Crippen LogP contribution in [0.15, 0.2) is 29.2 Å².